The Balaban J connectivity index is -0.000000637. The van der Waals surface area contributed by atoms with Crippen molar-refractivity contribution < 1.29 is 9.09 Å². The number of hydrogen-bond acceptors (Lipinski definition) is 2. The van der Waals surface area contributed by atoms with E-state index < -0.39 is 8.69 Å². The molecule has 0 amide bonds. The van der Waals surface area contributed by atoms with Gasteiger partial charge in [-0.15, -0.1) is 4.52 Å². The topological polar surface area (TPSA) is 26.3 Å². The molecular weight excluding hydrogens is 603 g/mol. The Hall–Kier alpha value is 0.0600. The molecule has 0 N–H and O–H groups in total. The molecule has 0 rings (SSSR count). The van der Waals surface area contributed by atoms with Gasteiger partial charge in [-0.05, 0) is 11.0 Å². The first-order chi connectivity index (χ1) is 23.7. The summed E-state index contributed by atoms with van der Waals surface area (Å²) in [4.78, 5) is 0. The van der Waals surface area contributed by atoms with Crippen molar-refractivity contribution in [3.63, 3.8) is 0 Å². The van der Waals surface area contributed by atoms with Crippen LogP contribution in [-0.2, 0) is 9.09 Å². The van der Waals surface area contributed by atoms with Crippen molar-refractivity contribution in [2.24, 2.45) is 0 Å². The van der Waals surface area contributed by atoms with E-state index in [9.17, 15) is 4.57 Å². The van der Waals surface area contributed by atoms with E-state index >= 15 is 0 Å². The first-order valence-electron chi connectivity index (χ1n) is 22.7. The van der Waals surface area contributed by atoms with Gasteiger partial charge in [-0.1, -0.05) is 279 Å². The molecule has 0 aromatic rings. The summed E-state index contributed by atoms with van der Waals surface area (Å²) in [6.45, 7) is 12.1. The second-order valence-electron chi connectivity index (χ2n) is 15.0. The Morgan fingerprint density at radius 3 is 0.542 bits per heavy atom. The van der Waals surface area contributed by atoms with E-state index in [2.05, 4.69) is 34.6 Å². The van der Waals surface area contributed by atoms with Gasteiger partial charge in [-0.3, -0.25) is 0 Å². The Bertz CT molecular complexity index is 447. The van der Waals surface area contributed by atoms with E-state index in [-0.39, 0.29) is 0 Å². The third-order valence-electron chi connectivity index (χ3n) is 9.82. The lowest BCUT2D eigenvalue weighted by Crippen LogP contribution is -1.86. The predicted molar refractivity (Wildman–Crippen MR) is 223 cm³/mol. The van der Waals surface area contributed by atoms with Gasteiger partial charge < -0.3 is 0 Å². The third-order valence-corrected chi connectivity index (χ3v) is 10.1. The first kappa shape index (κ1) is 52.4. The van der Waals surface area contributed by atoms with Gasteiger partial charge in [0.2, 0.25) is 0 Å². The smallest absolute Gasteiger partial charge is 0.148 e. The molecule has 1 unspecified atom stereocenters. The molecule has 0 aromatic heterocycles. The van der Waals surface area contributed by atoms with Gasteiger partial charge in [-0.2, -0.15) is 0 Å². The SMILES string of the molecule is CCCCCCCCCCCCCCC.CCCCCCCCCCCCCCC.CCCCCCCCCCCCCCCO[PH+]=O. The molecular formula is C45H96O2P+. The van der Waals surface area contributed by atoms with Crippen LogP contribution in [0.2, 0.25) is 0 Å². The van der Waals surface area contributed by atoms with Crippen LogP contribution in [-0.4, -0.2) is 6.61 Å². The lowest BCUT2D eigenvalue weighted by Gasteiger charge is -2.02. The first-order valence-corrected chi connectivity index (χ1v) is 23.5. The molecule has 1 atom stereocenters. The molecule has 0 aliphatic heterocycles. The van der Waals surface area contributed by atoms with Gasteiger partial charge >= 0.3 is 8.69 Å². The van der Waals surface area contributed by atoms with Gasteiger partial charge in [0.05, 0.1) is 0 Å². The van der Waals surface area contributed by atoms with Crippen LogP contribution in [0.15, 0.2) is 0 Å². The maximum Gasteiger partial charge on any atom is 0.494 e. The van der Waals surface area contributed by atoms with E-state index in [0.717, 1.165) is 6.42 Å². The van der Waals surface area contributed by atoms with Gasteiger partial charge in [0.15, 0.2) is 0 Å². The zero-order valence-electron chi connectivity index (χ0n) is 34.6. The van der Waals surface area contributed by atoms with Crippen molar-refractivity contribution in [2.45, 2.75) is 285 Å². The summed E-state index contributed by atoms with van der Waals surface area (Å²) in [6, 6.07) is 0. The minimum absolute atomic E-state index is 0.581. The summed E-state index contributed by atoms with van der Waals surface area (Å²) in [5.74, 6) is 0. The number of hydrogen-bond donors (Lipinski definition) is 0. The Morgan fingerprint density at radius 1 is 0.250 bits per heavy atom. The molecule has 292 valence electrons. The van der Waals surface area contributed by atoms with Crippen LogP contribution in [0.25, 0.3) is 0 Å². The van der Waals surface area contributed by atoms with Crippen LogP contribution < -0.4 is 0 Å². The molecule has 0 aromatic carbocycles. The fourth-order valence-corrected chi connectivity index (χ4v) is 6.64. The monoisotopic (exact) mass is 700 g/mol. The van der Waals surface area contributed by atoms with Crippen LogP contribution in [0.1, 0.15) is 285 Å². The van der Waals surface area contributed by atoms with Gasteiger partial charge in [0, 0.05) is 0 Å². The number of unbranched alkanes of at least 4 members (excludes halogenated alkanes) is 36. The van der Waals surface area contributed by atoms with E-state index in [1.54, 1.807) is 0 Å². The third kappa shape index (κ3) is 61.3. The van der Waals surface area contributed by atoms with E-state index in [1.165, 1.54) is 244 Å². The van der Waals surface area contributed by atoms with Crippen LogP contribution in [0.4, 0.5) is 0 Å². The van der Waals surface area contributed by atoms with Crippen LogP contribution in [0.3, 0.4) is 0 Å². The van der Waals surface area contributed by atoms with E-state index in [0.29, 0.717) is 6.61 Å². The quantitative estimate of drug-likeness (QED) is 0.0471. The van der Waals surface area contributed by atoms with Gasteiger partial charge in [0.1, 0.15) is 6.61 Å². The average Bonchev–Trinajstić information content (AvgIpc) is 3.10. The van der Waals surface area contributed by atoms with Crippen LogP contribution in [0.5, 0.6) is 0 Å². The van der Waals surface area contributed by atoms with E-state index in [1.807, 2.05) is 0 Å². The van der Waals surface area contributed by atoms with Crippen molar-refractivity contribution in [1.82, 2.24) is 0 Å². The minimum Gasteiger partial charge on any atom is -0.148 e. The summed E-state index contributed by atoms with van der Waals surface area (Å²) in [5, 5.41) is 0. The van der Waals surface area contributed by atoms with Crippen LogP contribution >= 0.6 is 8.69 Å². The standard InChI is InChI=1S/C15H32O2P.2C15H32/c1-2-3-4-5-6-7-8-9-10-11-12-13-14-15-17-18-16;2*1-3-5-7-9-11-13-15-14-12-10-8-6-4-2/h18H,2-15H2,1H3;2*3-15H2,1-2H3/q+1;;. The lowest BCUT2D eigenvalue weighted by atomic mass is 10.0. The highest BCUT2D eigenvalue weighted by Crippen LogP contribution is 2.15. The summed E-state index contributed by atoms with van der Waals surface area (Å²) in [6.07, 6.45) is 55.5. The van der Waals surface area contributed by atoms with Crippen LogP contribution in [0, 0.1) is 0 Å². The fraction of sp³-hybridized carbons (Fsp3) is 1.00. The number of rotatable bonds is 39. The molecule has 2 nitrogen and oxygen atoms in total. The second kappa shape index (κ2) is 56.4. The van der Waals surface area contributed by atoms with Crippen molar-refractivity contribution in [3.8, 4) is 0 Å². The van der Waals surface area contributed by atoms with Crippen molar-refractivity contribution in [2.75, 3.05) is 6.61 Å². The molecule has 0 radical (unpaired) electrons. The Labute approximate surface area is 308 Å². The zero-order chi connectivity index (χ0) is 35.7. The zero-order valence-corrected chi connectivity index (χ0v) is 35.6. The minimum atomic E-state index is -0.581. The molecule has 0 saturated carbocycles. The van der Waals surface area contributed by atoms with Crippen molar-refractivity contribution in [3.05, 3.63) is 0 Å². The Morgan fingerprint density at radius 2 is 0.396 bits per heavy atom. The molecule has 3 heteroatoms. The maximum atomic E-state index is 10.1. The summed E-state index contributed by atoms with van der Waals surface area (Å²) in [5.41, 5.74) is 0. The van der Waals surface area contributed by atoms with Gasteiger partial charge in [-0.25, -0.2) is 0 Å². The van der Waals surface area contributed by atoms with Gasteiger partial charge in [0.25, 0.3) is 0 Å². The highest BCUT2D eigenvalue weighted by Gasteiger charge is 1.96. The lowest BCUT2D eigenvalue weighted by molar-refractivity contribution is 0.328. The average molecular weight is 700 g/mol. The van der Waals surface area contributed by atoms with Crippen molar-refractivity contribution >= 4 is 8.69 Å². The maximum absolute atomic E-state index is 10.1. The normalized spacial score (nSPS) is 10.9. The molecule has 0 fully saturated rings. The molecule has 0 saturated heterocycles. The summed E-state index contributed by atoms with van der Waals surface area (Å²) in [7, 11) is -0.581. The summed E-state index contributed by atoms with van der Waals surface area (Å²) < 4.78 is 14.9. The highest BCUT2D eigenvalue weighted by atomic mass is 31.1. The highest BCUT2D eigenvalue weighted by molar-refractivity contribution is 7.17. The predicted octanol–water partition coefficient (Wildman–Crippen LogP) is 18.2. The Kier molecular flexibility index (Phi) is 61.6. The molecule has 0 heterocycles. The molecule has 0 aliphatic carbocycles. The second-order valence-corrected chi connectivity index (χ2v) is 15.4. The summed E-state index contributed by atoms with van der Waals surface area (Å²) >= 11 is 0. The molecule has 48 heavy (non-hydrogen) atoms. The largest absolute Gasteiger partial charge is 0.494 e. The molecule has 0 spiro atoms. The fourth-order valence-electron chi connectivity index (χ4n) is 6.42. The molecule has 0 aliphatic rings. The van der Waals surface area contributed by atoms with Crippen molar-refractivity contribution in [1.29, 1.82) is 0 Å². The molecule has 0 bridgehead atoms. The van der Waals surface area contributed by atoms with E-state index in [4.69, 9.17) is 4.52 Å².